The molecule has 0 aliphatic carbocycles. The Morgan fingerprint density at radius 3 is 2.37 bits per heavy atom. The van der Waals surface area contributed by atoms with Crippen LogP contribution in [0.4, 0.5) is 0 Å². The predicted octanol–water partition coefficient (Wildman–Crippen LogP) is 5.05. The number of ether oxygens (including phenoxy) is 1. The highest BCUT2D eigenvalue weighted by Gasteiger charge is 2.21. The zero-order valence-electron chi connectivity index (χ0n) is 11.9. The van der Waals surface area contributed by atoms with Crippen molar-refractivity contribution in [2.24, 2.45) is 0 Å². The molecule has 0 spiro atoms. The van der Waals surface area contributed by atoms with E-state index in [-0.39, 0.29) is 11.0 Å². The fourth-order valence-electron chi connectivity index (χ4n) is 1.36. The maximum Gasteiger partial charge on any atom is 0.231 e. The molecule has 0 aliphatic rings. The minimum atomic E-state index is -0.522. The molecule has 1 rings (SSSR count). The fourth-order valence-corrected chi connectivity index (χ4v) is 2.64. The van der Waals surface area contributed by atoms with Crippen molar-refractivity contribution in [3.63, 3.8) is 0 Å². The second-order valence-electron chi connectivity index (χ2n) is 3.98. The van der Waals surface area contributed by atoms with E-state index in [1.165, 1.54) is 11.8 Å². The number of carbonyl (C=O) groups excluding carboxylic acids is 1. The average molecular weight is 323 g/mol. The Hall–Kier alpha value is -0.380. The smallest absolute Gasteiger partial charge is 0.231 e. The topological polar surface area (TPSA) is 26.3 Å². The standard InChI is InChI=1S/C12H14Cl2O2S.C2H6/c1-12(2,14)9-6-8(16-3)4-5-10(9)17-7-11(13)15;1-2/h4-6H,7H2,1-3H3;1-2H3. The summed E-state index contributed by atoms with van der Waals surface area (Å²) in [5, 5.41) is -0.371. The first-order valence-corrected chi connectivity index (χ1v) is 7.77. The van der Waals surface area contributed by atoms with Gasteiger partial charge in [-0.15, -0.1) is 23.4 Å². The van der Waals surface area contributed by atoms with Crippen LogP contribution < -0.4 is 4.74 Å². The predicted molar refractivity (Wildman–Crippen MR) is 84.8 cm³/mol. The number of carbonyl (C=O) groups is 1. The molecule has 0 aliphatic heterocycles. The van der Waals surface area contributed by atoms with Crippen molar-refractivity contribution in [3.8, 4) is 5.75 Å². The molecule has 0 bridgehead atoms. The van der Waals surface area contributed by atoms with E-state index >= 15 is 0 Å². The van der Waals surface area contributed by atoms with Crippen molar-refractivity contribution in [1.82, 2.24) is 0 Å². The molecular formula is C14H20Cl2O2S. The highest BCUT2D eigenvalue weighted by Crippen LogP contribution is 2.37. The molecule has 0 unspecified atom stereocenters. The van der Waals surface area contributed by atoms with Gasteiger partial charge in [-0.2, -0.15) is 0 Å². The summed E-state index contributed by atoms with van der Waals surface area (Å²) in [5.74, 6) is 0.976. The third-order valence-corrected chi connectivity index (χ3v) is 3.74. The van der Waals surface area contributed by atoms with Gasteiger partial charge < -0.3 is 4.74 Å². The Balaban J connectivity index is 0.00000154. The highest BCUT2D eigenvalue weighted by atomic mass is 35.5. The largest absolute Gasteiger partial charge is 0.497 e. The van der Waals surface area contributed by atoms with Crippen LogP contribution in [0.25, 0.3) is 0 Å². The molecule has 0 fully saturated rings. The second kappa shape index (κ2) is 8.72. The molecule has 108 valence electrons. The summed E-state index contributed by atoms with van der Waals surface area (Å²) in [5.41, 5.74) is 0.932. The van der Waals surface area contributed by atoms with Crippen molar-refractivity contribution in [3.05, 3.63) is 23.8 Å². The van der Waals surface area contributed by atoms with Gasteiger partial charge in [-0.3, -0.25) is 4.79 Å². The molecule has 0 aromatic heterocycles. The maximum absolute atomic E-state index is 10.8. The summed E-state index contributed by atoms with van der Waals surface area (Å²) in [6, 6.07) is 5.62. The summed E-state index contributed by atoms with van der Waals surface area (Å²) >= 11 is 13.0. The Labute approximate surface area is 129 Å². The van der Waals surface area contributed by atoms with Crippen LogP contribution >= 0.6 is 35.0 Å². The van der Waals surface area contributed by atoms with Gasteiger partial charge in [-0.1, -0.05) is 13.8 Å². The molecule has 0 radical (unpaired) electrons. The zero-order valence-corrected chi connectivity index (χ0v) is 14.2. The van der Waals surface area contributed by atoms with E-state index in [0.717, 1.165) is 16.2 Å². The number of thioether (sulfide) groups is 1. The summed E-state index contributed by atoms with van der Waals surface area (Å²) in [7, 11) is 1.61. The first kappa shape index (κ1) is 18.6. The van der Waals surface area contributed by atoms with Crippen molar-refractivity contribution in [2.45, 2.75) is 37.5 Å². The van der Waals surface area contributed by atoms with Crippen LogP contribution in [-0.2, 0) is 9.67 Å². The van der Waals surface area contributed by atoms with Gasteiger partial charge in [0.25, 0.3) is 0 Å². The van der Waals surface area contributed by atoms with Gasteiger partial charge in [-0.25, -0.2) is 0 Å². The summed E-state index contributed by atoms with van der Waals surface area (Å²) in [6.07, 6.45) is 0. The van der Waals surface area contributed by atoms with Crippen LogP contribution in [0.2, 0.25) is 0 Å². The van der Waals surface area contributed by atoms with E-state index in [9.17, 15) is 4.79 Å². The molecule has 1 aromatic carbocycles. The first-order chi connectivity index (χ1) is 8.84. The van der Waals surface area contributed by atoms with E-state index in [0.29, 0.717) is 0 Å². The molecule has 0 atom stereocenters. The number of alkyl halides is 1. The molecule has 1 aromatic rings. The lowest BCUT2D eigenvalue weighted by molar-refractivity contribution is -0.109. The van der Waals surface area contributed by atoms with E-state index in [2.05, 4.69) is 0 Å². The molecule has 0 N–H and O–H groups in total. The van der Waals surface area contributed by atoms with E-state index in [4.69, 9.17) is 27.9 Å². The summed E-state index contributed by atoms with van der Waals surface area (Å²) in [6.45, 7) is 7.80. The lowest BCUT2D eigenvalue weighted by Gasteiger charge is -2.20. The van der Waals surface area contributed by atoms with Crippen LogP contribution in [0.15, 0.2) is 23.1 Å². The van der Waals surface area contributed by atoms with Crippen LogP contribution in [0.3, 0.4) is 0 Å². The SMILES string of the molecule is CC.COc1ccc(SCC(=O)Cl)c(C(C)(C)Cl)c1. The minimum absolute atomic E-state index is 0.230. The molecule has 2 nitrogen and oxygen atoms in total. The quantitative estimate of drug-likeness (QED) is 0.431. The zero-order chi connectivity index (χ0) is 15.1. The van der Waals surface area contributed by atoms with Gasteiger partial charge >= 0.3 is 0 Å². The second-order valence-corrected chi connectivity index (χ2v) is 6.36. The minimum Gasteiger partial charge on any atom is -0.497 e. The van der Waals surface area contributed by atoms with Crippen molar-refractivity contribution in [1.29, 1.82) is 0 Å². The van der Waals surface area contributed by atoms with Gasteiger partial charge in [0, 0.05) is 4.90 Å². The number of hydrogen-bond acceptors (Lipinski definition) is 3. The molecule has 19 heavy (non-hydrogen) atoms. The van der Waals surface area contributed by atoms with E-state index < -0.39 is 4.87 Å². The maximum atomic E-state index is 10.8. The Morgan fingerprint density at radius 2 is 1.95 bits per heavy atom. The van der Waals surface area contributed by atoms with E-state index in [1.807, 2.05) is 45.9 Å². The Morgan fingerprint density at radius 1 is 1.37 bits per heavy atom. The number of benzene rings is 1. The van der Waals surface area contributed by atoms with Crippen molar-refractivity contribution < 1.29 is 9.53 Å². The van der Waals surface area contributed by atoms with Crippen LogP contribution in [-0.4, -0.2) is 18.1 Å². The van der Waals surface area contributed by atoms with Gasteiger partial charge in [0.15, 0.2) is 0 Å². The van der Waals surface area contributed by atoms with Crippen LogP contribution in [0.5, 0.6) is 5.75 Å². The average Bonchev–Trinajstić information content (AvgIpc) is 2.37. The Kier molecular flexibility index (Phi) is 8.55. The van der Waals surface area contributed by atoms with Crippen molar-refractivity contribution in [2.75, 3.05) is 12.9 Å². The van der Waals surface area contributed by atoms with E-state index in [1.54, 1.807) is 7.11 Å². The summed E-state index contributed by atoms with van der Waals surface area (Å²) < 4.78 is 5.17. The number of hydrogen-bond donors (Lipinski definition) is 0. The molecule has 5 heteroatoms. The Bertz CT molecular complexity index is 414. The van der Waals surface area contributed by atoms with Crippen LogP contribution in [0, 0.1) is 0 Å². The number of halogens is 2. The normalized spacial score (nSPS) is 10.5. The fraction of sp³-hybridized carbons (Fsp3) is 0.500. The molecule has 0 saturated carbocycles. The highest BCUT2D eigenvalue weighted by molar-refractivity contribution is 8.00. The van der Waals surface area contributed by atoms with Crippen molar-refractivity contribution >= 4 is 40.2 Å². The molecule has 0 saturated heterocycles. The monoisotopic (exact) mass is 322 g/mol. The summed E-state index contributed by atoms with van der Waals surface area (Å²) in [4.78, 5) is 11.2. The number of rotatable bonds is 5. The van der Waals surface area contributed by atoms with Gasteiger partial charge in [0.05, 0.1) is 17.7 Å². The van der Waals surface area contributed by atoms with Gasteiger partial charge in [-0.05, 0) is 49.2 Å². The lowest BCUT2D eigenvalue weighted by Crippen LogP contribution is -2.10. The first-order valence-electron chi connectivity index (χ1n) is 6.03. The number of methoxy groups -OCH3 is 1. The molecule has 0 heterocycles. The third kappa shape index (κ3) is 6.55. The van der Waals surface area contributed by atoms with Crippen LogP contribution in [0.1, 0.15) is 33.3 Å². The molecule has 0 amide bonds. The van der Waals surface area contributed by atoms with Gasteiger partial charge in [0.1, 0.15) is 5.75 Å². The lowest BCUT2D eigenvalue weighted by atomic mass is 10.0. The van der Waals surface area contributed by atoms with Gasteiger partial charge in [0.2, 0.25) is 5.24 Å². The molecular weight excluding hydrogens is 303 g/mol. The third-order valence-electron chi connectivity index (χ3n) is 2.17.